The molecule has 0 saturated carbocycles. The van der Waals surface area contributed by atoms with Crippen LogP contribution < -0.4 is 4.72 Å². The van der Waals surface area contributed by atoms with Crippen LogP contribution in [-0.2, 0) is 16.6 Å². The van der Waals surface area contributed by atoms with Crippen LogP contribution >= 0.6 is 0 Å². The average molecular weight is 383 g/mol. The third-order valence-corrected chi connectivity index (χ3v) is 5.31. The van der Waals surface area contributed by atoms with Gasteiger partial charge in [-0.25, -0.2) is 17.8 Å². The highest BCUT2D eigenvalue weighted by atomic mass is 32.2. The van der Waals surface area contributed by atoms with Crippen LogP contribution in [0.15, 0.2) is 59.6 Å². The first kappa shape index (κ1) is 18.7. The normalized spacial score (nSPS) is 11.3. The topological polar surface area (TPSA) is 121 Å². The number of benzene rings is 2. The number of sulfonamides is 1. The molecule has 1 heterocycles. The molecule has 0 saturated heterocycles. The first-order chi connectivity index (χ1) is 13.0. The Balaban J connectivity index is 1.73. The van der Waals surface area contributed by atoms with E-state index >= 15 is 0 Å². The molecule has 27 heavy (non-hydrogen) atoms. The number of nitrogens with one attached hydrogen (secondary N) is 1. The summed E-state index contributed by atoms with van der Waals surface area (Å²) in [6.45, 7) is 0.212. The van der Waals surface area contributed by atoms with Gasteiger partial charge in [0.15, 0.2) is 0 Å². The lowest BCUT2D eigenvalue weighted by atomic mass is 10.1. The number of aromatic nitrogens is 3. The molecule has 0 bridgehead atoms. The molecule has 1 aromatic heterocycles. The number of hydrogen-bond acceptors (Lipinski definition) is 6. The Labute approximate surface area is 156 Å². The minimum atomic E-state index is -3.64. The third-order valence-electron chi connectivity index (χ3n) is 3.83. The lowest BCUT2D eigenvalue weighted by Crippen LogP contribution is -2.26. The van der Waals surface area contributed by atoms with E-state index in [0.29, 0.717) is 17.8 Å². The molecule has 0 amide bonds. The molecule has 0 aliphatic rings. The zero-order valence-corrected chi connectivity index (χ0v) is 15.1. The predicted molar refractivity (Wildman–Crippen MR) is 98.0 cm³/mol. The van der Waals surface area contributed by atoms with Crippen molar-refractivity contribution in [2.45, 2.75) is 11.4 Å². The predicted octanol–water partition coefficient (Wildman–Crippen LogP) is 1.14. The van der Waals surface area contributed by atoms with Crippen LogP contribution in [0.3, 0.4) is 0 Å². The van der Waals surface area contributed by atoms with Gasteiger partial charge in [-0.2, -0.15) is 5.26 Å². The van der Waals surface area contributed by atoms with Crippen LogP contribution in [0.1, 0.15) is 11.1 Å². The molecule has 3 rings (SSSR count). The van der Waals surface area contributed by atoms with E-state index in [2.05, 4.69) is 21.1 Å². The summed E-state index contributed by atoms with van der Waals surface area (Å²) in [5, 5.41) is 25.8. The Morgan fingerprint density at radius 2 is 1.81 bits per heavy atom. The molecule has 138 valence electrons. The molecule has 0 radical (unpaired) electrons. The fourth-order valence-electron chi connectivity index (χ4n) is 2.45. The minimum absolute atomic E-state index is 0.0340. The highest BCUT2D eigenvalue weighted by Crippen LogP contribution is 2.19. The quantitative estimate of drug-likeness (QED) is 0.631. The van der Waals surface area contributed by atoms with Crippen molar-refractivity contribution in [2.24, 2.45) is 0 Å². The summed E-state index contributed by atoms with van der Waals surface area (Å²) >= 11 is 0. The molecule has 0 atom stereocenters. The monoisotopic (exact) mass is 383 g/mol. The van der Waals surface area contributed by atoms with Crippen LogP contribution in [0.2, 0.25) is 0 Å². The van der Waals surface area contributed by atoms with Gasteiger partial charge in [-0.15, -0.1) is 5.10 Å². The van der Waals surface area contributed by atoms with E-state index in [1.807, 2.05) is 12.1 Å². The lowest BCUT2D eigenvalue weighted by Gasteiger charge is -2.05. The van der Waals surface area contributed by atoms with Crippen molar-refractivity contribution in [1.82, 2.24) is 19.7 Å². The zero-order valence-electron chi connectivity index (χ0n) is 14.3. The summed E-state index contributed by atoms with van der Waals surface area (Å²) < 4.78 is 28.0. The van der Waals surface area contributed by atoms with Crippen molar-refractivity contribution in [2.75, 3.05) is 13.2 Å². The van der Waals surface area contributed by atoms with Gasteiger partial charge in [0.25, 0.3) is 0 Å². The Kier molecular flexibility index (Phi) is 5.61. The summed E-state index contributed by atoms with van der Waals surface area (Å²) in [6, 6.07) is 15.6. The molecule has 0 aliphatic heterocycles. The number of nitrogens with zero attached hydrogens (tertiary/aromatic N) is 4. The number of hydrogen-bond donors (Lipinski definition) is 2. The average Bonchev–Trinajstić information content (AvgIpc) is 3.15. The molecule has 9 heteroatoms. The molecule has 2 N–H and O–H groups in total. The summed E-state index contributed by atoms with van der Waals surface area (Å²) in [5.41, 5.74) is 2.95. The Morgan fingerprint density at radius 3 is 2.44 bits per heavy atom. The van der Waals surface area contributed by atoms with Crippen molar-refractivity contribution in [3.8, 4) is 17.3 Å². The van der Waals surface area contributed by atoms with Gasteiger partial charge >= 0.3 is 0 Å². The van der Waals surface area contributed by atoms with Crippen molar-refractivity contribution in [1.29, 1.82) is 5.26 Å². The first-order valence-corrected chi connectivity index (χ1v) is 9.60. The van der Waals surface area contributed by atoms with Crippen LogP contribution in [0.5, 0.6) is 0 Å². The molecule has 0 spiro atoms. The Morgan fingerprint density at radius 1 is 1.11 bits per heavy atom. The van der Waals surface area contributed by atoms with Crippen LogP contribution in [-0.4, -0.2) is 41.7 Å². The molecular weight excluding hydrogens is 366 g/mol. The van der Waals surface area contributed by atoms with E-state index < -0.39 is 10.0 Å². The largest absolute Gasteiger partial charge is 0.395 e. The molecular formula is C18H17N5O3S. The maximum atomic E-state index is 12.0. The molecule has 0 aliphatic carbocycles. The van der Waals surface area contributed by atoms with Gasteiger partial charge in [0.1, 0.15) is 5.69 Å². The molecule has 0 unspecified atom stereocenters. The van der Waals surface area contributed by atoms with Crippen molar-refractivity contribution in [3.05, 3.63) is 65.9 Å². The van der Waals surface area contributed by atoms with Gasteiger partial charge in [-0.1, -0.05) is 29.5 Å². The summed E-state index contributed by atoms with van der Waals surface area (Å²) in [7, 11) is -3.64. The van der Waals surface area contributed by atoms with E-state index in [4.69, 9.17) is 10.4 Å². The second-order valence-electron chi connectivity index (χ2n) is 5.76. The van der Waals surface area contributed by atoms with E-state index in [0.717, 1.165) is 11.1 Å². The molecule has 3 aromatic rings. The Bertz CT molecular complexity index is 1050. The van der Waals surface area contributed by atoms with Gasteiger partial charge < -0.3 is 5.11 Å². The van der Waals surface area contributed by atoms with Gasteiger partial charge in [0.05, 0.1) is 35.9 Å². The van der Waals surface area contributed by atoms with Gasteiger partial charge in [0.2, 0.25) is 10.0 Å². The van der Waals surface area contributed by atoms with E-state index in [9.17, 15) is 8.42 Å². The number of aliphatic hydroxyl groups excluding tert-OH is 1. The molecule has 8 nitrogen and oxygen atoms in total. The lowest BCUT2D eigenvalue weighted by molar-refractivity contribution is 0.301. The fourth-order valence-corrected chi connectivity index (χ4v) is 3.47. The summed E-state index contributed by atoms with van der Waals surface area (Å²) in [5.74, 6) is 0. The van der Waals surface area contributed by atoms with Crippen molar-refractivity contribution >= 4 is 10.0 Å². The SMILES string of the molecule is N#Cc1ccc(Cn2cc(-c3ccc(S(=O)(=O)NCCO)cc3)nn2)cc1. The standard InChI is InChI=1S/C18H17N5O3S/c19-11-14-1-3-15(4-2-14)12-23-13-18(21-22-23)16-5-7-17(8-6-16)27(25,26)20-9-10-24/h1-8,13,20,24H,9-10,12H2. The smallest absolute Gasteiger partial charge is 0.240 e. The number of rotatable bonds is 7. The minimum Gasteiger partial charge on any atom is -0.395 e. The maximum absolute atomic E-state index is 12.0. The van der Waals surface area contributed by atoms with Crippen molar-refractivity contribution in [3.63, 3.8) is 0 Å². The zero-order chi connectivity index (χ0) is 19.3. The highest BCUT2D eigenvalue weighted by Gasteiger charge is 2.13. The molecule has 2 aromatic carbocycles. The van der Waals surface area contributed by atoms with Crippen LogP contribution in [0.25, 0.3) is 11.3 Å². The van der Waals surface area contributed by atoms with E-state index in [1.54, 1.807) is 35.1 Å². The van der Waals surface area contributed by atoms with Crippen LogP contribution in [0.4, 0.5) is 0 Å². The van der Waals surface area contributed by atoms with Crippen molar-refractivity contribution < 1.29 is 13.5 Å². The number of nitriles is 1. The Hall–Kier alpha value is -3.06. The highest BCUT2D eigenvalue weighted by molar-refractivity contribution is 7.89. The van der Waals surface area contributed by atoms with Crippen LogP contribution in [0, 0.1) is 11.3 Å². The summed E-state index contributed by atoms with van der Waals surface area (Å²) in [6.07, 6.45) is 1.77. The third kappa shape index (κ3) is 4.57. The van der Waals surface area contributed by atoms with E-state index in [1.165, 1.54) is 12.1 Å². The van der Waals surface area contributed by atoms with Gasteiger partial charge in [-0.3, -0.25) is 0 Å². The summed E-state index contributed by atoms with van der Waals surface area (Å²) in [4.78, 5) is 0.115. The second kappa shape index (κ2) is 8.09. The number of aliphatic hydroxyl groups is 1. The van der Waals surface area contributed by atoms with E-state index in [-0.39, 0.29) is 18.0 Å². The first-order valence-electron chi connectivity index (χ1n) is 8.12. The molecule has 0 fully saturated rings. The fraction of sp³-hybridized carbons (Fsp3) is 0.167. The maximum Gasteiger partial charge on any atom is 0.240 e. The van der Waals surface area contributed by atoms with Gasteiger partial charge in [-0.05, 0) is 29.8 Å². The van der Waals surface area contributed by atoms with Gasteiger partial charge in [0, 0.05) is 12.1 Å². The second-order valence-corrected chi connectivity index (χ2v) is 7.52.